The summed E-state index contributed by atoms with van der Waals surface area (Å²) in [5, 5.41) is 9.90. The van der Waals surface area contributed by atoms with Crippen LogP contribution in [-0.4, -0.2) is 38.2 Å². The first kappa shape index (κ1) is 20.1. The Bertz CT molecular complexity index is 867. The molecule has 0 saturated carbocycles. The first-order valence-electron chi connectivity index (χ1n) is 7.82. The topological polar surface area (TPSA) is 120 Å². The van der Waals surface area contributed by atoms with Gasteiger partial charge in [0.2, 0.25) is 15.4 Å². The average Bonchev–Trinajstić information content (AvgIpc) is 3.10. The number of ether oxygens (including phenoxy) is 2. The van der Waals surface area contributed by atoms with Gasteiger partial charge in [-0.1, -0.05) is 24.3 Å². The van der Waals surface area contributed by atoms with Crippen molar-refractivity contribution in [3.8, 4) is 11.5 Å². The number of methoxy groups -OCH3 is 1. The molecule has 0 saturated heterocycles. The number of nitrogens with one attached hydrogen (secondary N) is 2. The van der Waals surface area contributed by atoms with E-state index in [0.717, 1.165) is 11.3 Å². The SMILES string of the molecule is CCOc1cc(CNS(=O)(=O)c2nnc(NC(=O)CC)s2)ccc1OC. The number of rotatable bonds is 9. The molecule has 2 rings (SSSR count). The second-order valence-corrected chi connectivity index (χ2v) is 7.94. The van der Waals surface area contributed by atoms with Crippen molar-refractivity contribution in [2.24, 2.45) is 0 Å². The van der Waals surface area contributed by atoms with E-state index in [-0.39, 0.29) is 28.3 Å². The van der Waals surface area contributed by atoms with Gasteiger partial charge in [0.25, 0.3) is 10.0 Å². The molecule has 9 nitrogen and oxygen atoms in total. The molecule has 1 heterocycles. The second kappa shape index (κ2) is 8.92. The summed E-state index contributed by atoms with van der Waals surface area (Å²) < 4.78 is 37.6. The molecule has 0 fully saturated rings. The number of aromatic nitrogens is 2. The van der Waals surface area contributed by atoms with Gasteiger partial charge in [-0.25, -0.2) is 13.1 Å². The quantitative estimate of drug-likeness (QED) is 0.616. The Morgan fingerprint density at radius 3 is 2.65 bits per heavy atom. The predicted molar refractivity (Wildman–Crippen MR) is 97.0 cm³/mol. The lowest BCUT2D eigenvalue weighted by molar-refractivity contribution is -0.115. The van der Waals surface area contributed by atoms with Crippen molar-refractivity contribution in [1.82, 2.24) is 14.9 Å². The van der Waals surface area contributed by atoms with Crippen molar-refractivity contribution in [3.05, 3.63) is 23.8 Å². The third kappa shape index (κ3) is 5.13. The Morgan fingerprint density at radius 1 is 1.23 bits per heavy atom. The average molecular weight is 400 g/mol. The summed E-state index contributed by atoms with van der Waals surface area (Å²) in [4.78, 5) is 11.3. The van der Waals surface area contributed by atoms with Gasteiger partial charge in [-0.2, -0.15) is 0 Å². The summed E-state index contributed by atoms with van der Waals surface area (Å²) in [6.07, 6.45) is 0.263. The summed E-state index contributed by atoms with van der Waals surface area (Å²) in [6.45, 7) is 4.03. The number of sulfonamides is 1. The van der Waals surface area contributed by atoms with Crippen LogP contribution in [0.1, 0.15) is 25.8 Å². The van der Waals surface area contributed by atoms with Crippen molar-refractivity contribution in [2.75, 3.05) is 19.0 Å². The molecule has 2 N–H and O–H groups in total. The molecule has 26 heavy (non-hydrogen) atoms. The third-order valence-corrected chi connectivity index (χ3v) is 5.81. The number of carbonyl (C=O) groups excluding carboxylic acids is 1. The van der Waals surface area contributed by atoms with Crippen LogP contribution in [-0.2, 0) is 21.4 Å². The molecule has 0 radical (unpaired) electrons. The Kier molecular flexibility index (Phi) is 6.89. The van der Waals surface area contributed by atoms with Gasteiger partial charge in [-0.3, -0.25) is 4.79 Å². The number of benzene rings is 1. The van der Waals surface area contributed by atoms with Crippen LogP contribution in [0, 0.1) is 0 Å². The molecule has 1 amide bonds. The summed E-state index contributed by atoms with van der Waals surface area (Å²) in [6, 6.07) is 5.15. The summed E-state index contributed by atoms with van der Waals surface area (Å²) in [7, 11) is -2.32. The standard InChI is InChI=1S/C15H20N4O5S2/c1-4-13(20)17-14-18-19-15(25-14)26(21,22)16-9-10-6-7-11(23-3)12(8-10)24-5-2/h6-8,16H,4-5,9H2,1-3H3,(H,17,18,20). The fourth-order valence-electron chi connectivity index (χ4n) is 1.92. The molecule has 2 aromatic rings. The van der Waals surface area contributed by atoms with Gasteiger partial charge < -0.3 is 14.8 Å². The lowest BCUT2D eigenvalue weighted by atomic mass is 10.2. The highest BCUT2D eigenvalue weighted by Crippen LogP contribution is 2.28. The Balaban J connectivity index is 2.08. The smallest absolute Gasteiger partial charge is 0.270 e. The number of anilines is 1. The second-order valence-electron chi connectivity index (χ2n) is 5.02. The Morgan fingerprint density at radius 2 is 2.00 bits per heavy atom. The van der Waals surface area contributed by atoms with Crippen molar-refractivity contribution >= 4 is 32.4 Å². The number of nitrogens with zero attached hydrogens (tertiary/aromatic N) is 2. The number of hydrogen-bond donors (Lipinski definition) is 2. The lowest BCUT2D eigenvalue weighted by Crippen LogP contribution is -2.23. The molecule has 0 aliphatic heterocycles. The van der Waals surface area contributed by atoms with E-state index in [1.165, 1.54) is 7.11 Å². The van der Waals surface area contributed by atoms with Crippen molar-refractivity contribution in [1.29, 1.82) is 0 Å². The van der Waals surface area contributed by atoms with Crippen LogP contribution in [0.3, 0.4) is 0 Å². The fourth-order valence-corrected chi connectivity index (χ4v) is 3.89. The maximum absolute atomic E-state index is 12.3. The molecule has 0 unspecified atom stereocenters. The minimum absolute atomic E-state index is 0.0443. The van der Waals surface area contributed by atoms with Crippen molar-refractivity contribution in [2.45, 2.75) is 31.2 Å². The van der Waals surface area contributed by atoms with E-state index in [1.807, 2.05) is 6.92 Å². The monoisotopic (exact) mass is 400 g/mol. The molecule has 0 aliphatic carbocycles. The van der Waals surface area contributed by atoms with Gasteiger partial charge in [0.15, 0.2) is 11.5 Å². The van der Waals surface area contributed by atoms with Gasteiger partial charge in [-0.05, 0) is 24.6 Å². The highest BCUT2D eigenvalue weighted by Gasteiger charge is 2.20. The minimum atomic E-state index is -3.85. The zero-order valence-corrected chi connectivity index (χ0v) is 16.2. The highest BCUT2D eigenvalue weighted by molar-refractivity contribution is 7.91. The van der Waals surface area contributed by atoms with Crippen LogP contribution in [0.2, 0.25) is 0 Å². The first-order valence-corrected chi connectivity index (χ1v) is 10.1. The third-order valence-electron chi connectivity index (χ3n) is 3.20. The largest absolute Gasteiger partial charge is 0.493 e. The van der Waals surface area contributed by atoms with E-state index in [1.54, 1.807) is 25.1 Å². The predicted octanol–water partition coefficient (Wildman–Crippen LogP) is 1.77. The summed E-state index contributed by atoms with van der Waals surface area (Å²) >= 11 is 0.787. The van der Waals surface area contributed by atoms with Crippen molar-refractivity contribution in [3.63, 3.8) is 0 Å². The van der Waals surface area contributed by atoms with Gasteiger partial charge in [0.1, 0.15) is 0 Å². The fraction of sp³-hybridized carbons (Fsp3) is 0.400. The van der Waals surface area contributed by atoms with Gasteiger partial charge >= 0.3 is 0 Å². The van der Waals surface area contributed by atoms with Crippen LogP contribution in [0.25, 0.3) is 0 Å². The van der Waals surface area contributed by atoms with Crippen LogP contribution in [0.4, 0.5) is 5.13 Å². The maximum Gasteiger partial charge on any atom is 0.270 e. The zero-order valence-electron chi connectivity index (χ0n) is 14.6. The normalized spacial score (nSPS) is 11.2. The van der Waals surface area contributed by atoms with E-state index < -0.39 is 10.0 Å². The van der Waals surface area contributed by atoms with E-state index in [0.29, 0.717) is 23.7 Å². The van der Waals surface area contributed by atoms with Crippen LogP contribution in [0.15, 0.2) is 22.5 Å². The summed E-state index contributed by atoms with van der Waals surface area (Å²) in [5.41, 5.74) is 0.696. The molecule has 11 heteroatoms. The van der Waals surface area contributed by atoms with Crippen LogP contribution in [0.5, 0.6) is 11.5 Å². The number of amides is 1. The van der Waals surface area contributed by atoms with Gasteiger partial charge in [0, 0.05) is 13.0 Å². The van der Waals surface area contributed by atoms with Gasteiger partial charge in [0.05, 0.1) is 13.7 Å². The highest BCUT2D eigenvalue weighted by atomic mass is 32.2. The van der Waals surface area contributed by atoms with E-state index in [9.17, 15) is 13.2 Å². The molecular weight excluding hydrogens is 380 g/mol. The number of carbonyl (C=O) groups is 1. The lowest BCUT2D eigenvalue weighted by Gasteiger charge is -2.11. The van der Waals surface area contributed by atoms with Crippen molar-refractivity contribution < 1.29 is 22.7 Å². The van der Waals surface area contributed by atoms with Crippen LogP contribution >= 0.6 is 11.3 Å². The molecule has 142 valence electrons. The minimum Gasteiger partial charge on any atom is -0.493 e. The molecule has 1 aromatic carbocycles. The zero-order chi connectivity index (χ0) is 19.2. The van der Waals surface area contributed by atoms with E-state index >= 15 is 0 Å². The molecule has 0 bridgehead atoms. The molecule has 0 spiro atoms. The van der Waals surface area contributed by atoms with E-state index in [2.05, 4.69) is 20.2 Å². The maximum atomic E-state index is 12.3. The molecular formula is C15H20N4O5S2. The molecule has 0 aliphatic rings. The van der Waals surface area contributed by atoms with Gasteiger partial charge in [-0.15, -0.1) is 10.2 Å². The molecule has 0 atom stereocenters. The van der Waals surface area contributed by atoms with E-state index in [4.69, 9.17) is 9.47 Å². The summed E-state index contributed by atoms with van der Waals surface area (Å²) in [5.74, 6) is 0.839. The first-order chi connectivity index (χ1) is 12.4. The number of hydrogen-bond acceptors (Lipinski definition) is 8. The van der Waals surface area contributed by atoms with Crippen LogP contribution < -0.4 is 19.5 Å². The molecule has 1 aromatic heterocycles. The Labute approximate surface area is 155 Å². The Hall–Kier alpha value is -2.24.